The third-order valence-corrected chi connectivity index (χ3v) is 6.30. The summed E-state index contributed by atoms with van der Waals surface area (Å²) in [5, 5.41) is 0. The minimum Gasteiger partial charge on any atom is -0.490 e. The molecule has 3 saturated carbocycles. The molecule has 3 aliphatic rings. The molecule has 0 heterocycles. The molecule has 25 heavy (non-hydrogen) atoms. The van der Waals surface area contributed by atoms with E-state index in [-0.39, 0.29) is 12.7 Å². The smallest absolute Gasteiger partial charge is 0.409 e. The summed E-state index contributed by atoms with van der Waals surface area (Å²) >= 11 is 0. The van der Waals surface area contributed by atoms with Gasteiger partial charge in [-0.05, 0) is 79.5 Å². The van der Waals surface area contributed by atoms with Crippen LogP contribution >= 0.6 is 0 Å². The average Bonchev–Trinajstić information content (AvgIpc) is 2.60. The second kappa shape index (κ2) is 7.05. The van der Waals surface area contributed by atoms with Crippen LogP contribution in [0.1, 0.15) is 63.9 Å². The number of fused-ring (bicyclic) bond motifs is 3. The molecule has 2 bridgehead atoms. The number of halogens is 3. The molecule has 0 aromatic heterocycles. The molecule has 1 nitrogen and oxygen atoms in total. The molecule has 4 rings (SSSR count). The summed E-state index contributed by atoms with van der Waals surface area (Å²) < 4.78 is 41.6. The Morgan fingerprint density at radius 1 is 1.00 bits per heavy atom. The van der Waals surface area contributed by atoms with Crippen molar-refractivity contribution in [3.05, 3.63) is 42.0 Å². The second-order valence-corrected chi connectivity index (χ2v) is 7.81. The van der Waals surface area contributed by atoms with Gasteiger partial charge in [0.25, 0.3) is 0 Å². The maximum atomic E-state index is 12.1. The monoisotopic (exact) mass is 352 g/mol. The highest BCUT2D eigenvalue weighted by atomic mass is 19.4. The summed E-state index contributed by atoms with van der Waals surface area (Å²) in [6, 6.07) is 8.02. The van der Waals surface area contributed by atoms with Gasteiger partial charge in [0.1, 0.15) is 12.4 Å². The zero-order chi connectivity index (χ0) is 18.0. The van der Waals surface area contributed by atoms with Crippen LogP contribution in [0.2, 0.25) is 0 Å². The van der Waals surface area contributed by atoms with Gasteiger partial charge in [0, 0.05) is 6.08 Å². The lowest BCUT2D eigenvalue weighted by atomic mass is 9.51. The molecular formula is C21H27F3O. The highest BCUT2D eigenvalue weighted by Crippen LogP contribution is 2.59. The lowest BCUT2D eigenvalue weighted by Gasteiger charge is -2.54. The first kappa shape index (κ1) is 18.3. The van der Waals surface area contributed by atoms with Crippen molar-refractivity contribution in [2.45, 2.75) is 69.9 Å². The molecule has 138 valence electrons. The van der Waals surface area contributed by atoms with Crippen LogP contribution in [0.15, 0.2) is 36.4 Å². The van der Waals surface area contributed by atoms with Crippen LogP contribution in [0, 0.1) is 5.41 Å². The van der Waals surface area contributed by atoms with Crippen molar-refractivity contribution in [2.24, 2.45) is 5.41 Å². The van der Waals surface area contributed by atoms with Crippen molar-refractivity contribution >= 4 is 0 Å². The van der Waals surface area contributed by atoms with Crippen LogP contribution in [0.4, 0.5) is 13.2 Å². The molecule has 0 amide bonds. The van der Waals surface area contributed by atoms with Gasteiger partial charge in [0.15, 0.2) is 0 Å². The molecule has 0 N–H and O–H groups in total. The zero-order valence-electron chi connectivity index (χ0n) is 14.9. The lowest BCUT2D eigenvalue weighted by Crippen LogP contribution is -2.44. The standard InChI is InChI=1S/C21H27F3O/c1-2-8-19-10-13-20(14-11-19,15-12-19)17-4-6-18(7-5-17)25-16-3-9-21(22,23)24/h3-7,9H,2,8,10-16H2,1H3. The first-order chi connectivity index (χ1) is 11.9. The normalized spacial score (nSPS) is 29.3. The zero-order valence-corrected chi connectivity index (χ0v) is 14.9. The molecule has 1 aromatic rings. The summed E-state index contributed by atoms with van der Waals surface area (Å²) in [6.45, 7) is 2.22. The third kappa shape index (κ3) is 4.21. The average molecular weight is 352 g/mol. The first-order valence-corrected chi connectivity index (χ1v) is 9.34. The van der Waals surface area contributed by atoms with Crippen LogP contribution in [0.25, 0.3) is 0 Å². The highest BCUT2D eigenvalue weighted by Gasteiger charge is 2.48. The highest BCUT2D eigenvalue weighted by molar-refractivity contribution is 5.34. The summed E-state index contributed by atoms with van der Waals surface area (Å²) in [5.74, 6) is 0.624. The molecule has 0 aliphatic heterocycles. The maximum Gasteiger partial charge on any atom is 0.409 e. The van der Waals surface area contributed by atoms with E-state index in [9.17, 15) is 13.2 Å². The van der Waals surface area contributed by atoms with Gasteiger partial charge in [0.05, 0.1) is 0 Å². The molecule has 0 spiro atoms. The van der Waals surface area contributed by atoms with E-state index in [1.54, 1.807) is 0 Å². The van der Waals surface area contributed by atoms with Gasteiger partial charge >= 0.3 is 6.18 Å². The van der Waals surface area contributed by atoms with Crippen LogP contribution in [0.3, 0.4) is 0 Å². The Morgan fingerprint density at radius 2 is 1.60 bits per heavy atom. The van der Waals surface area contributed by atoms with Gasteiger partial charge in [-0.25, -0.2) is 0 Å². The Hall–Kier alpha value is -1.45. The molecule has 0 radical (unpaired) electrons. The molecule has 3 aliphatic carbocycles. The number of ether oxygens (including phenoxy) is 1. The van der Waals surface area contributed by atoms with E-state index in [1.165, 1.54) is 56.9 Å². The van der Waals surface area contributed by atoms with E-state index in [1.807, 2.05) is 12.1 Å². The van der Waals surface area contributed by atoms with Gasteiger partial charge in [-0.2, -0.15) is 13.2 Å². The molecule has 3 fully saturated rings. The Morgan fingerprint density at radius 3 is 2.12 bits per heavy atom. The van der Waals surface area contributed by atoms with E-state index >= 15 is 0 Å². The Kier molecular flexibility index (Phi) is 5.17. The Labute approximate surface area is 148 Å². The molecule has 0 unspecified atom stereocenters. The third-order valence-electron chi connectivity index (χ3n) is 6.30. The van der Waals surface area contributed by atoms with Crippen molar-refractivity contribution in [3.63, 3.8) is 0 Å². The molecule has 1 aromatic carbocycles. The van der Waals surface area contributed by atoms with E-state index in [0.717, 1.165) is 6.08 Å². The fraction of sp³-hybridized carbons (Fsp3) is 0.619. The molecule has 0 saturated heterocycles. The van der Waals surface area contributed by atoms with Crippen molar-refractivity contribution in [3.8, 4) is 5.75 Å². The predicted molar refractivity (Wildman–Crippen MR) is 93.9 cm³/mol. The maximum absolute atomic E-state index is 12.1. The number of benzene rings is 1. The Bertz CT molecular complexity index is 576. The summed E-state index contributed by atoms with van der Waals surface area (Å²) in [7, 11) is 0. The molecule has 4 heteroatoms. The lowest BCUT2D eigenvalue weighted by molar-refractivity contribution is -0.0801. The van der Waals surface area contributed by atoms with Crippen molar-refractivity contribution < 1.29 is 17.9 Å². The van der Waals surface area contributed by atoms with E-state index in [0.29, 0.717) is 16.6 Å². The largest absolute Gasteiger partial charge is 0.490 e. The summed E-state index contributed by atoms with van der Waals surface area (Å²) in [4.78, 5) is 0. The Balaban J connectivity index is 1.59. The van der Waals surface area contributed by atoms with E-state index < -0.39 is 6.18 Å². The fourth-order valence-electron chi connectivity index (χ4n) is 4.83. The number of hydrogen-bond acceptors (Lipinski definition) is 1. The fourth-order valence-corrected chi connectivity index (χ4v) is 4.83. The van der Waals surface area contributed by atoms with Crippen molar-refractivity contribution in [1.29, 1.82) is 0 Å². The van der Waals surface area contributed by atoms with Crippen LogP contribution in [-0.4, -0.2) is 12.8 Å². The number of hydrogen-bond donors (Lipinski definition) is 0. The van der Waals surface area contributed by atoms with Gasteiger partial charge in [-0.15, -0.1) is 0 Å². The number of allylic oxidation sites excluding steroid dienone is 1. The van der Waals surface area contributed by atoms with Crippen molar-refractivity contribution in [2.75, 3.05) is 6.61 Å². The second-order valence-electron chi connectivity index (χ2n) is 7.81. The first-order valence-electron chi connectivity index (χ1n) is 9.34. The van der Waals surface area contributed by atoms with E-state index in [4.69, 9.17) is 4.74 Å². The molecule has 0 atom stereocenters. The van der Waals surface area contributed by atoms with Crippen LogP contribution in [0.5, 0.6) is 5.75 Å². The predicted octanol–water partition coefficient (Wildman–Crippen LogP) is 6.58. The molecular weight excluding hydrogens is 325 g/mol. The van der Waals surface area contributed by atoms with Crippen molar-refractivity contribution in [1.82, 2.24) is 0 Å². The van der Waals surface area contributed by atoms with Crippen LogP contribution < -0.4 is 4.74 Å². The quantitative estimate of drug-likeness (QED) is 0.526. The van der Waals surface area contributed by atoms with Crippen LogP contribution in [-0.2, 0) is 5.41 Å². The topological polar surface area (TPSA) is 9.23 Å². The minimum atomic E-state index is -4.28. The SMILES string of the molecule is CCCC12CCC(c3ccc(OCC=CC(F)(F)F)cc3)(CC1)CC2. The van der Waals surface area contributed by atoms with Gasteiger partial charge in [0.2, 0.25) is 0 Å². The van der Waals surface area contributed by atoms with Gasteiger partial charge in [-0.1, -0.05) is 25.5 Å². The number of rotatable bonds is 6. The van der Waals surface area contributed by atoms with Gasteiger partial charge < -0.3 is 4.74 Å². The number of alkyl halides is 3. The summed E-state index contributed by atoms with van der Waals surface area (Å²) in [6.07, 6.45) is 7.38. The van der Waals surface area contributed by atoms with Gasteiger partial charge in [-0.3, -0.25) is 0 Å². The van der Waals surface area contributed by atoms with E-state index in [2.05, 4.69) is 19.1 Å². The minimum absolute atomic E-state index is 0.0659. The summed E-state index contributed by atoms with van der Waals surface area (Å²) in [5.41, 5.74) is 2.28.